The number of aryl methyl sites for hydroxylation is 2. The second kappa shape index (κ2) is 5.41. The van der Waals surface area contributed by atoms with Gasteiger partial charge in [0.05, 0.1) is 6.10 Å². The molecule has 2 heteroatoms. The molecule has 0 heterocycles. The normalized spacial score (nSPS) is 13.8. The molecule has 0 amide bonds. The van der Waals surface area contributed by atoms with Gasteiger partial charge >= 0.3 is 0 Å². The summed E-state index contributed by atoms with van der Waals surface area (Å²) in [7, 11) is 1.93. The molecule has 2 nitrogen and oxygen atoms in total. The summed E-state index contributed by atoms with van der Waals surface area (Å²) in [5.41, 5.74) is 5.88. The van der Waals surface area contributed by atoms with Crippen molar-refractivity contribution in [3.8, 4) is 0 Å². The van der Waals surface area contributed by atoms with E-state index in [0.29, 0.717) is 0 Å². The Morgan fingerprint density at radius 2 is 1.56 bits per heavy atom. The van der Waals surface area contributed by atoms with Gasteiger partial charge in [-0.3, -0.25) is 0 Å². The van der Waals surface area contributed by atoms with E-state index in [0.717, 1.165) is 12.1 Å². The fourth-order valence-electron chi connectivity index (χ4n) is 2.60. The molecule has 0 aliphatic carbocycles. The lowest BCUT2D eigenvalue weighted by Crippen LogP contribution is -2.33. The minimum absolute atomic E-state index is 0.176. The van der Waals surface area contributed by atoms with Crippen molar-refractivity contribution in [3.05, 3.63) is 33.9 Å². The van der Waals surface area contributed by atoms with E-state index in [2.05, 4.69) is 52.9 Å². The maximum Gasteiger partial charge on any atom is 0.0858 e. The summed E-state index contributed by atoms with van der Waals surface area (Å²) in [6, 6.07) is 2.20. The molecule has 102 valence electrons. The predicted octanol–water partition coefficient (Wildman–Crippen LogP) is 3.20. The lowest BCUT2D eigenvalue weighted by molar-refractivity contribution is 0.0495. The standard InChI is InChI=1S/C16H27NO/c1-10-8-11(2)13(4)14(12(10)3)15(18)16(5,6)9-17-7/h8,15,17-18H,9H2,1-7H3. The van der Waals surface area contributed by atoms with E-state index in [1.165, 1.54) is 22.3 Å². The topological polar surface area (TPSA) is 32.3 Å². The van der Waals surface area contributed by atoms with E-state index >= 15 is 0 Å². The van der Waals surface area contributed by atoms with Gasteiger partial charge in [-0.2, -0.15) is 0 Å². The van der Waals surface area contributed by atoms with Crippen molar-refractivity contribution in [2.24, 2.45) is 5.41 Å². The van der Waals surface area contributed by atoms with Crippen LogP contribution in [-0.4, -0.2) is 18.7 Å². The van der Waals surface area contributed by atoms with Gasteiger partial charge in [-0.15, -0.1) is 0 Å². The van der Waals surface area contributed by atoms with Crippen molar-refractivity contribution < 1.29 is 5.11 Å². The second-order valence-electron chi connectivity index (χ2n) is 6.10. The van der Waals surface area contributed by atoms with Gasteiger partial charge in [0.2, 0.25) is 0 Å². The third-order valence-corrected chi connectivity index (χ3v) is 4.07. The summed E-state index contributed by atoms with van der Waals surface area (Å²) in [5.74, 6) is 0. The van der Waals surface area contributed by atoms with Crippen molar-refractivity contribution in [1.29, 1.82) is 0 Å². The number of aliphatic hydroxyl groups excluding tert-OH is 1. The van der Waals surface area contributed by atoms with Crippen LogP contribution >= 0.6 is 0 Å². The molecule has 1 rings (SSSR count). The molecule has 2 N–H and O–H groups in total. The molecule has 18 heavy (non-hydrogen) atoms. The number of hydrogen-bond donors (Lipinski definition) is 2. The van der Waals surface area contributed by atoms with Gasteiger partial charge in [0.25, 0.3) is 0 Å². The molecule has 0 bridgehead atoms. The van der Waals surface area contributed by atoms with E-state index in [4.69, 9.17) is 0 Å². The SMILES string of the molecule is CNCC(C)(C)C(O)c1c(C)c(C)cc(C)c1C. The van der Waals surface area contributed by atoms with Crippen LogP contribution in [0.2, 0.25) is 0 Å². The van der Waals surface area contributed by atoms with Gasteiger partial charge < -0.3 is 10.4 Å². The fraction of sp³-hybridized carbons (Fsp3) is 0.625. The van der Waals surface area contributed by atoms with E-state index in [-0.39, 0.29) is 5.41 Å². The molecule has 0 fully saturated rings. The van der Waals surface area contributed by atoms with Crippen LogP contribution in [0.3, 0.4) is 0 Å². The van der Waals surface area contributed by atoms with Crippen molar-refractivity contribution in [1.82, 2.24) is 5.32 Å². The van der Waals surface area contributed by atoms with Crippen LogP contribution < -0.4 is 5.32 Å². The highest BCUT2D eigenvalue weighted by molar-refractivity contribution is 5.45. The Morgan fingerprint density at radius 3 is 1.94 bits per heavy atom. The molecule has 0 saturated heterocycles. The third kappa shape index (κ3) is 2.76. The zero-order chi connectivity index (χ0) is 14.1. The van der Waals surface area contributed by atoms with Gasteiger partial charge in [-0.25, -0.2) is 0 Å². The second-order valence-corrected chi connectivity index (χ2v) is 6.10. The number of benzene rings is 1. The first kappa shape index (κ1) is 15.2. The van der Waals surface area contributed by atoms with Crippen molar-refractivity contribution in [2.75, 3.05) is 13.6 Å². The predicted molar refractivity (Wildman–Crippen MR) is 78.1 cm³/mol. The molecule has 0 spiro atoms. The summed E-state index contributed by atoms with van der Waals surface area (Å²) in [6.45, 7) is 13.4. The maximum absolute atomic E-state index is 10.7. The van der Waals surface area contributed by atoms with Crippen LogP contribution in [0.4, 0.5) is 0 Å². The van der Waals surface area contributed by atoms with Gasteiger partial charge in [-0.05, 0) is 62.6 Å². The third-order valence-electron chi connectivity index (χ3n) is 4.07. The Bertz CT molecular complexity index is 409. The van der Waals surface area contributed by atoms with Crippen molar-refractivity contribution in [2.45, 2.75) is 47.6 Å². The Hall–Kier alpha value is -0.860. The largest absolute Gasteiger partial charge is 0.388 e. The minimum Gasteiger partial charge on any atom is -0.388 e. The summed E-state index contributed by atoms with van der Waals surface area (Å²) < 4.78 is 0. The first-order valence-corrected chi connectivity index (χ1v) is 6.62. The lowest BCUT2D eigenvalue weighted by atomic mass is 9.78. The quantitative estimate of drug-likeness (QED) is 0.859. The summed E-state index contributed by atoms with van der Waals surface area (Å²) in [6.07, 6.45) is -0.441. The molecule has 0 saturated carbocycles. The molecule has 1 aromatic carbocycles. The van der Waals surface area contributed by atoms with E-state index in [9.17, 15) is 5.11 Å². The molecular formula is C16H27NO. The number of nitrogens with one attached hydrogen (secondary N) is 1. The van der Waals surface area contributed by atoms with Crippen LogP contribution in [-0.2, 0) is 0 Å². The van der Waals surface area contributed by atoms with Gasteiger partial charge in [0, 0.05) is 12.0 Å². The summed E-state index contributed by atoms with van der Waals surface area (Å²) in [4.78, 5) is 0. The Labute approximate surface area is 111 Å². The van der Waals surface area contributed by atoms with Crippen molar-refractivity contribution >= 4 is 0 Å². The van der Waals surface area contributed by atoms with E-state index in [1.54, 1.807) is 0 Å². The molecule has 0 radical (unpaired) electrons. The number of hydrogen-bond acceptors (Lipinski definition) is 2. The summed E-state index contributed by atoms with van der Waals surface area (Å²) >= 11 is 0. The first-order valence-electron chi connectivity index (χ1n) is 6.62. The monoisotopic (exact) mass is 249 g/mol. The number of rotatable bonds is 4. The van der Waals surface area contributed by atoms with Crippen molar-refractivity contribution in [3.63, 3.8) is 0 Å². The summed E-state index contributed by atoms with van der Waals surface area (Å²) in [5, 5.41) is 13.9. The number of aliphatic hydroxyl groups is 1. The van der Waals surface area contributed by atoms with Crippen LogP contribution in [0.5, 0.6) is 0 Å². The Kier molecular flexibility index (Phi) is 4.57. The average Bonchev–Trinajstić information content (AvgIpc) is 2.26. The smallest absolute Gasteiger partial charge is 0.0858 e. The molecule has 0 aromatic heterocycles. The van der Waals surface area contributed by atoms with Gasteiger partial charge in [0.1, 0.15) is 0 Å². The van der Waals surface area contributed by atoms with Crippen LogP contribution in [0, 0.1) is 33.1 Å². The average molecular weight is 249 g/mol. The fourth-order valence-corrected chi connectivity index (χ4v) is 2.60. The molecule has 1 unspecified atom stereocenters. The highest BCUT2D eigenvalue weighted by Crippen LogP contribution is 2.37. The molecular weight excluding hydrogens is 222 g/mol. The molecule has 0 aliphatic heterocycles. The molecule has 1 atom stereocenters. The van der Waals surface area contributed by atoms with Crippen LogP contribution in [0.15, 0.2) is 6.07 Å². The minimum atomic E-state index is -0.441. The van der Waals surface area contributed by atoms with E-state index < -0.39 is 6.10 Å². The Morgan fingerprint density at radius 1 is 1.11 bits per heavy atom. The van der Waals surface area contributed by atoms with Gasteiger partial charge in [-0.1, -0.05) is 19.9 Å². The van der Waals surface area contributed by atoms with Gasteiger partial charge in [0.15, 0.2) is 0 Å². The lowest BCUT2D eigenvalue weighted by Gasteiger charge is -2.33. The van der Waals surface area contributed by atoms with Crippen LogP contribution in [0.25, 0.3) is 0 Å². The molecule has 0 aliphatic rings. The highest BCUT2D eigenvalue weighted by Gasteiger charge is 2.31. The zero-order valence-electron chi connectivity index (χ0n) is 12.8. The highest BCUT2D eigenvalue weighted by atomic mass is 16.3. The first-order chi connectivity index (χ1) is 8.22. The zero-order valence-corrected chi connectivity index (χ0v) is 12.8. The Balaban J connectivity index is 3.33. The van der Waals surface area contributed by atoms with Crippen LogP contribution in [0.1, 0.15) is 47.8 Å². The maximum atomic E-state index is 10.7. The van der Waals surface area contributed by atoms with E-state index in [1.807, 2.05) is 7.05 Å². The molecule has 1 aromatic rings.